The van der Waals surface area contributed by atoms with E-state index in [2.05, 4.69) is 48.7 Å². The highest BCUT2D eigenvalue weighted by atomic mass is 14.9. The lowest BCUT2D eigenvalue weighted by Crippen LogP contribution is -2.31. The minimum absolute atomic E-state index is 0.605. The molecular formula is C15H24N2. The van der Waals surface area contributed by atoms with Crippen molar-refractivity contribution in [3.63, 3.8) is 0 Å². The highest BCUT2D eigenvalue weighted by Crippen LogP contribution is 2.33. The number of hydrogen-bond donors (Lipinski definition) is 2. The van der Waals surface area contributed by atoms with Crippen molar-refractivity contribution in [3.8, 4) is 0 Å². The summed E-state index contributed by atoms with van der Waals surface area (Å²) in [6.07, 6.45) is 2.47. The van der Waals surface area contributed by atoms with E-state index in [1.54, 1.807) is 11.1 Å². The Morgan fingerprint density at radius 3 is 2.82 bits per heavy atom. The van der Waals surface area contributed by atoms with Gasteiger partial charge in [-0.2, -0.15) is 0 Å². The van der Waals surface area contributed by atoms with Gasteiger partial charge in [-0.25, -0.2) is 0 Å². The molecule has 1 aromatic carbocycles. The molecule has 0 aromatic heterocycles. The Morgan fingerprint density at radius 1 is 1.24 bits per heavy atom. The van der Waals surface area contributed by atoms with Gasteiger partial charge in [0.05, 0.1) is 0 Å². The number of rotatable bonds is 7. The Kier molecular flexibility index (Phi) is 4.57. The highest BCUT2D eigenvalue weighted by Gasteiger charge is 2.24. The summed E-state index contributed by atoms with van der Waals surface area (Å²) in [5.41, 5.74) is 3.10. The van der Waals surface area contributed by atoms with Crippen molar-refractivity contribution < 1.29 is 0 Å². The second-order valence-corrected chi connectivity index (χ2v) is 5.27. The minimum atomic E-state index is 0.605. The average molecular weight is 232 g/mol. The summed E-state index contributed by atoms with van der Waals surface area (Å²) < 4.78 is 0. The molecule has 1 aliphatic carbocycles. The zero-order valence-corrected chi connectivity index (χ0v) is 11.0. The average Bonchev–Trinajstić information content (AvgIpc) is 2.28. The van der Waals surface area contributed by atoms with Crippen LogP contribution < -0.4 is 10.6 Å². The van der Waals surface area contributed by atoms with Crippen LogP contribution in [0, 0.1) is 0 Å². The van der Waals surface area contributed by atoms with Crippen molar-refractivity contribution in [2.45, 2.75) is 38.6 Å². The maximum atomic E-state index is 3.56. The molecule has 94 valence electrons. The van der Waals surface area contributed by atoms with Gasteiger partial charge in [-0.3, -0.25) is 0 Å². The van der Waals surface area contributed by atoms with Gasteiger partial charge in [0.2, 0.25) is 0 Å². The van der Waals surface area contributed by atoms with Crippen LogP contribution in [0.25, 0.3) is 0 Å². The van der Waals surface area contributed by atoms with E-state index in [4.69, 9.17) is 0 Å². The predicted octanol–water partition coefficient (Wildman–Crippen LogP) is 2.30. The second kappa shape index (κ2) is 6.18. The fourth-order valence-electron chi connectivity index (χ4n) is 2.43. The second-order valence-electron chi connectivity index (χ2n) is 5.27. The van der Waals surface area contributed by atoms with E-state index in [1.807, 2.05) is 0 Å². The van der Waals surface area contributed by atoms with Crippen LogP contribution in [0.4, 0.5) is 0 Å². The van der Waals surface area contributed by atoms with E-state index in [-0.39, 0.29) is 0 Å². The van der Waals surface area contributed by atoms with Gasteiger partial charge in [0, 0.05) is 18.5 Å². The predicted molar refractivity (Wildman–Crippen MR) is 73.5 cm³/mol. The van der Waals surface area contributed by atoms with E-state index in [0.717, 1.165) is 25.6 Å². The fourth-order valence-corrected chi connectivity index (χ4v) is 2.43. The lowest BCUT2D eigenvalue weighted by atomic mass is 9.77. The van der Waals surface area contributed by atoms with Crippen LogP contribution in [0.3, 0.4) is 0 Å². The molecule has 1 aromatic rings. The zero-order valence-electron chi connectivity index (χ0n) is 11.0. The smallest absolute Gasteiger partial charge is 0.00234 e. The molecule has 2 heteroatoms. The van der Waals surface area contributed by atoms with E-state index in [9.17, 15) is 0 Å². The molecular weight excluding hydrogens is 208 g/mol. The van der Waals surface area contributed by atoms with Gasteiger partial charge in [-0.05, 0) is 37.1 Å². The lowest BCUT2D eigenvalue weighted by molar-refractivity contribution is 0.508. The zero-order chi connectivity index (χ0) is 12.1. The molecule has 17 heavy (non-hydrogen) atoms. The number of benzene rings is 1. The first-order chi connectivity index (χ1) is 8.27. The quantitative estimate of drug-likeness (QED) is 0.705. The van der Waals surface area contributed by atoms with Crippen LogP contribution in [0.2, 0.25) is 0 Å². The van der Waals surface area contributed by atoms with Gasteiger partial charge in [-0.15, -0.1) is 0 Å². The number of nitrogens with one attached hydrogen (secondary N) is 2. The minimum Gasteiger partial charge on any atom is -0.316 e. The van der Waals surface area contributed by atoms with Gasteiger partial charge < -0.3 is 10.6 Å². The molecule has 0 saturated heterocycles. The third-order valence-corrected chi connectivity index (χ3v) is 3.43. The maximum Gasteiger partial charge on any atom is 0.00234 e. The molecule has 0 radical (unpaired) electrons. The third-order valence-electron chi connectivity index (χ3n) is 3.43. The third kappa shape index (κ3) is 3.55. The standard InChI is InChI=1S/C15H24N2/c1-12(2)17-9-5-8-16-11-14-10-13-6-3-4-7-15(13)14/h3-4,6-7,12,14,16-17H,5,8-11H2,1-2H3. The molecule has 2 nitrogen and oxygen atoms in total. The molecule has 0 amide bonds. The summed E-state index contributed by atoms with van der Waals surface area (Å²) in [7, 11) is 0. The summed E-state index contributed by atoms with van der Waals surface area (Å²) in [4.78, 5) is 0. The van der Waals surface area contributed by atoms with Crippen molar-refractivity contribution in [1.29, 1.82) is 0 Å². The summed E-state index contributed by atoms with van der Waals surface area (Å²) in [5, 5.41) is 7.00. The van der Waals surface area contributed by atoms with E-state index in [1.165, 1.54) is 12.8 Å². The fraction of sp³-hybridized carbons (Fsp3) is 0.600. The Hall–Kier alpha value is -0.860. The van der Waals surface area contributed by atoms with Crippen molar-refractivity contribution in [2.75, 3.05) is 19.6 Å². The van der Waals surface area contributed by atoms with Gasteiger partial charge in [-0.1, -0.05) is 38.1 Å². The molecule has 1 unspecified atom stereocenters. The molecule has 2 rings (SSSR count). The van der Waals surface area contributed by atoms with Crippen LogP contribution in [0.15, 0.2) is 24.3 Å². The molecule has 0 saturated carbocycles. The van der Waals surface area contributed by atoms with E-state index < -0.39 is 0 Å². The monoisotopic (exact) mass is 232 g/mol. The molecule has 0 spiro atoms. The van der Waals surface area contributed by atoms with Crippen molar-refractivity contribution in [1.82, 2.24) is 10.6 Å². The molecule has 2 N–H and O–H groups in total. The summed E-state index contributed by atoms with van der Waals surface area (Å²) in [6.45, 7) is 7.76. The molecule has 1 aliphatic rings. The summed E-state index contributed by atoms with van der Waals surface area (Å²) in [5.74, 6) is 0.754. The van der Waals surface area contributed by atoms with Crippen molar-refractivity contribution in [3.05, 3.63) is 35.4 Å². The SMILES string of the molecule is CC(C)NCCCNCC1Cc2ccccc21. The van der Waals surface area contributed by atoms with Crippen molar-refractivity contribution in [2.24, 2.45) is 0 Å². The molecule has 1 atom stereocenters. The largest absolute Gasteiger partial charge is 0.316 e. The van der Waals surface area contributed by atoms with Crippen molar-refractivity contribution >= 4 is 0 Å². The van der Waals surface area contributed by atoms with Gasteiger partial charge in [0.1, 0.15) is 0 Å². The Bertz CT molecular complexity index is 347. The van der Waals surface area contributed by atoms with Gasteiger partial charge >= 0.3 is 0 Å². The van der Waals surface area contributed by atoms with Gasteiger partial charge in [0.15, 0.2) is 0 Å². The molecule has 0 heterocycles. The van der Waals surface area contributed by atoms with Crippen LogP contribution in [0.5, 0.6) is 0 Å². The topological polar surface area (TPSA) is 24.1 Å². The van der Waals surface area contributed by atoms with Crippen LogP contribution in [-0.4, -0.2) is 25.7 Å². The van der Waals surface area contributed by atoms with Crippen LogP contribution in [-0.2, 0) is 6.42 Å². The maximum absolute atomic E-state index is 3.56. The van der Waals surface area contributed by atoms with Crippen LogP contribution >= 0.6 is 0 Å². The Balaban J connectivity index is 1.56. The van der Waals surface area contributed by atoms with E-state index in [0.29, 0.717) is 6.04 Å². The molecule has 0 fully saturated rings. The normalized spacial score (nSPS) is 17.9. The molecule has 0 aliphatic heterocycles. The first-order valence-electron chi connectivity index (χ1n) is 6.79. The Morgan fingerprint density at radius 2 is 2.06 bits per heavy atom. The summed E-state index contributed by atoms with van der Waals surface area (Å²) in [6, 6.07) is 9.41. The van der Waals surface area contributed by atoms with Gasteiger partial charge in [0.25, 0.3) is 0 Å². The lowest BCUT2D eigenvalue weighted by Gasteiger charge is -2.30. The Labute approximate surface area is 105 Å². The first-order valence-corrected chi connectivity index (χ1v) is 6.79. The van der Waals surface area contributed by atoms with Crippen LogP contribution in [0.1, 0.15) is 37.3 Å². The number of fused-ring (bicyclic) bond motifs is 1. The summed E-state index contributed by atoms with van der Waals surface area (Å²) >= 11 is 0. The highest BCUT2D eigenvalue weighted by molar-refractivity contribution is 5.40. The molecule has 0 bridgehead atoms. The first kappa shape index (κ1) is 12.6. The number of hydrogen-bond acceptors (Lipinski definition) is 2. The van der Waals surface area contributed by atoms with E-state index >= 15 is 0 Å².